The van der Waals surface area contributed by atoms with Crippen molar-refractivity contribution in [2.24, 2.45) is 0 Å². The number of benzene rings is 1. The molecule has 0 bridgehead atoms. The molecule has 1 saturated heterocycles. The van der Waals surface area contributed by atoms with Gasteiger partial charge in [0, 0.05) is 44.9 Å². The maximum absolute atomic E-state index is 5.71. The topological polar surface area (TPSA) is 33.7 Å². The first kappa shape index (κ1) is 16.7. The minimum Gasteiger partial charge on any atom is -0.383 e. The number of hydrogen-bond donors (Lipinski definition) is 1. The van der Waals surface area contributed by atoms with Crippen molar-refractivity contribution in [2.75, 3.05) is 45.4 Å². The fraction of sp³-hybridized carbons (Fsp3) is 0.625. The molecule has 1 atom stereocenters. The molecule has 21 heavy (non-hydrogen) atoms. The third-order valence-electron chi connectivity index (χ3n) is 3.74. The summed E-state index contributed by atoms with van der Waals surface area (Å²) in [7, 11) is 3.84. The summed E-state index contributed by atoms with van der Waals surface area (Å²) in [5, 5.41) is 3.36. The summed E-state index contributed by atoms with van der Waals surface area (Å²) < 4.78 is 11.9. The van der Waals surface area contributed by atoms with Crippen LogP contribution in [0.4, 0.5) is 5.69 Å². The molecule has 0 spiro atoms. The van der Waals surface area contributed by atoms with Crippen LogP contribution in [-0.2, 0) is 16.0 Å². The lowest BCUT2D eigenvalue weighted by Crippen LogP contribution is -2.28. The van der Waals surface area contributed by atoms with Gasteiger partial charge in [0.05, 0.1) is 18.4 Å². The molecule has 1 N–H and O–H groups in total. The number of nitrogens with one attached hydrogen (secondary N) is 1. The summed E-state index contributed by atoms with van der Waals surface area (Å²) in [5.74, 6) is 0. The van der Waals surface area contributed by atoms with Gasteiger partial charge in [0.15, 0.2) is 0 Å². The van der Waals surface area contributed by atoms with Crippen LogP contribution in [0.5, 0.6) is 0 Å². The Morgan fingerprint density at radius 2 is 2.33 bits per heavy atom. The normalized spacial score (nSPS) is 18.1. The van der Waals surface area contributed by atoms with Crippen LogP contribution in [0.1, 0.15) is 18.4 Å². The Hall–Kier alpha value is -0.620. The predicted molar refractivity (Wildman–Crippen MR) is 90.0 cm³/mol. The lowest BCUT2D eigenvalue weighted by atomic mass is 10.1. The second-order valence-electron chi connectivity index (χ2n) is 5.47. The smallest absolute Gasteiger partial charge is 0.0750 e. The predicted octanol–water partition coefficient (Wildman–Crippen LogP) is 2.80. The molecule has 1 aliphatic heterocycles. The molecule has 1 aliphatic rings. The number of halogens is 1. The molecular weight excluding hydrogens is 332 g/mol. The van der Waals surface area contributed by atoms with Gasteiger partial charge in [-0.15, -0.1) is 0 Å². The number of likely N-dealkylation sites (N-methyl/N-ethyl adjacent to an activating group) is 1. The molecule has 1 aromatic carbocycles. The highest BCUT2D eigenvalue weighted by molar-refractivity contribution is 9.10. The van der Waals surface area contributed by atoms with Crippen LogP contribution < -0.4 is 10.2 Å². The van der Waals surface area contributed by atoms with Gasteiger partial charge in [0.2, 0.25) is 0 Å². The molecule has 4 nitrogen and oxygen atoms in total. The van der Waals surface area contributed by atoms with E-state index in [1.165, 1.54) is 24.1 Å². The summed E-state index contributed by atoms with van der Waals surface area (Å²) >= 11 is 3.68. The van der Waals surface area contributed by atoms with Crippen LogP contribution in [0.3, 0.4) is 0 Å². The largest absolute Gasteiger partial charge is 0.383 e. The summed E-state index contributed by atoms with van der Waals surface area (Å²) in [6.45, 7) is 4.33. The first-order valence-electron chi connectivity index (χ1n) is 7.51. The highest BCUT2D eigenvalue weighted by Crippen LogP contribution is 2.27. The molecule has 0 amide bonds. The van der Waals surface area contributed by atoms with Gasteiger partial charge in [0.25, 0.3) is 0 Å². The van der Waals surface area contributed by atoms with Gasteiger partial charge in [-0.3, -0.25) is 0 Å². The van der Waals surface area contributed by atoms with Crippen molar-refractivity contribution >= 4 is 21.6 Å². The average molecular weight is 357 g/mol. The second kappa shape index (κ2) is 8.73. The standard InChI is InChI=1S/C16H25BrN2O2/c1-19(12-14-4-3-8-21-14)16-6-5-13(10-15(16)17)11-18-7-9-20-2/h5-6,10,14,18H,3-4,7-9,11-12H2,1-2H3. The molecule has 0 saturated carbocycles. The van der Waals surface area contributed by atoms with Gasteiger partial charge in [-0.2, -0.15) is 0 Å². The third kappa shape index (κ3) is 5.25. The van der Waals surface area contributed by atoms with E-state index in [1.54, 1.807) is 7.11 Å². The Morgan fingerprint density at radius 1 is 1.48 bits per heavy atom. The fourth-order valence-electron chi connectivity index (χ4n) is 2.57. The number of anilines is 1. The number of methoxy groups -OCH3 is 1. The summed E-state index contributed by atoms with van der Waals surface area (Å²) in [6.07, 6.45) is 2.73. The van der Waals surface area contributed by atoms with Gasteiger partial charge < -0.3 is 19.7 Å². The zero-order chi connectivity index (χ0) is 15.1. The van der Waals surface area contributed by atoms with Crippen LogP contribution in [0, 0.1) is 0 Å². The van der Waals surface area contributed by atoms with Crippen molar-refractivity contribution in [3.05, 3.63) is 28.2 Å². The molecule has 1 fully saturated rings. The van der Waals surface area contributed by atoms with Gasteiger partial charge in [0.1, 0.15) is 0 Å². The van der Waals surface area contributed by atoms with E-state index >= 15 is 0 Å². The molecule has 118 valence electrons. The first-order valence-corrected chi connectivity index (χ1v) is 8.31. The van der Waals surface area contributed by atoms with Crippen molar-refractivity contribution < 1.29 is 9.47 Å². The number of ether oxygens (including phenoxy) is 2. The SMILES string of the molecule is COCCNCc1ccc(N(C)CC2CCCO2)c(Br)c1. The number of rotatable bonds is 8. The minimum atomic E-state index is 0.372. The van der Waals surface area contributed by atoms with E-state index in [-0.39, 0.29) is 0 Å². The summed E-state index contributed by atoms with van der Waals surface area (Å²) in [5.41, 5.74) is 2.48. The Bertz CT molecular complexity index is 436. The van der Waals surface area contributed by atoms with E-state index in [0.29, 0.717) is 6.10 Å². The van der Waals surface area contributed by atoms with Crippen molar-refractivity contribution in [2.45, 2.75) is 25.5 Å². The molecular formula is C16H25BrN2O2. The zero-order valence-corrected chi connectivity index (χ0v) is 14.5. The van der Waals surface area contributed by atoms with E-state index in [0.717, 1.165) is 37.3 Å². The van der Waals surface area contributed by atoms with E-state index < -0.39 is 0 Å². The lowest BCUT2D eigenvalue weighted by molar-refractivity contribution is 0.116. The summed E-state index contributed by atoms with van der Waals surface area (Å²) in [6, 6.07) is 6.53. The van der Waals surface area contributed by atoms with Crippen molar-refractivity contribution in [3.63, 3.8) is 0 Å². The van der Waals surface area contributed by atoms with Crippen LogP contribution in [0.2, 0.25) is 0 Å². The Morgan fingerprint density at radius 3 is 3.00 bits per heavy atom. The molecule has 0 aliphatic carbocycles. The molecule has 1 unspecified atom stereocenters. The van der Waals surface area contributed by atoms with Crippen LogP contribution in [-0.4, -0.2) is 46.6 Å². The highest BCUT2D eigenvalue weighted by atomic mass is 79.9. The Labute approximate surface area is 135 Å². The van der Waals surface area contributed by atoms with Crippen LogP contribution in [0.15, 0.2) is 22.7 Å². The van der Waals surface area contributed by atoms with Gasteiger partial charge >= 0.3 is 0 Å². The van der Waals surface area contributed by atoms with Crippen LogP contribution in [0.25, 0.3) is 0 Å². The second-order valence-corrected chi connectivity index (χ2v) is 6.33. The number of hydrogen-bond acceptors (Lipinski definition) is 4. The Kier molecular flexibility index (Phi) is 6.96. The summed E-state index contributed by atoms with van der Waals surface area (Å²) in [4.78, 5) is 2.27. The third-order valence-corrected chi connectivity index (χ3v) is 4.37. The monoisotopic (exact) mass is 356 g/mol. The quantitative estimate of drug-likeness (QED) is 0.726. The first-order chi connectivity index (χ1) is 10.2. The van der Waals surface area contributed by atoms with Crippen molar-refractivity contribution in [1.82, 2.24) is 5.32 Å². The van der Waals surface area contributed by atoms with Gasteiger partial charge in [-0.25, -0.2) is 0 Å². The van der Waals surface area contributed by atoms with E-state index in [4.69, 9.17) is 9.47 Å². The van der Waals surface area contributed by atoms with E-state index in [9.17, 15) is 0 Å². The molecule has 1 heterocycles. The molecule has 2 rings (SSSR count). The average Bonchev–Trinajstić information content (AvgIpc) is 2.96. The maximum atomic E-state index is 5.71. The molecule has 5 heteroatoms. The molecule has 0 aromatic heterocycles. The molecule has 0 radical (unpaired) electrons. The van der Waals surface area contributed by atoms with Crippen molar-refractivity contribution in [3.8, 4) is 0 Å². The highest BCUT2D eigenvalue weighted by Gasteiger charge is 2.18. The van der Waals surface area contributed by atoms with E-state index in [1.807, 2.05) is 0 Å². The zero-order valence-electron chi connectivity index (χ0n) is 12.9. The maximum Gasteiger partial charge on any atom is 0.0750 e. The minimum absolute atomic E-state index is 0.372. The lowest BCUT2D eigenvalue weighted by Gasteiger charge is -2.24. The van der Waals surface area contributed by atoms with Crippen LogP contribution >= 0.6 is 15.9 Å². The van der Waals surface area contributed by atoms with Crippen molar-refractivity contribution in [1.29, 1.82) is 0 Å². The molecule has 1 aromatic rings. The fourth-order valence-corrected chi connectivity index (χ4v) is 3.30. The van der Waals surface area contributed by atoms with E-state index in [2.05, 4.69) is 51.4 Å². The Balaban J connectivity index is 1.88. The van der Waals surface area contributed by atoms with Gasteiger partial charge in [-0.05, 0) is 46.5 Å². The van der Waals surface area contributed by atoms with Gasteiger partial charge in [-0.1, -0.05) is 6.07 Å². The number of nitrogens with zero attached hydrogens (tertiary/aromatic N) is 1.